The number of cyclic esters (lactones) is 1. The number of hydrogen-bond acceptors (Lipinski definition) is 4. The molecule has 1 saturated heterocycles. The maximum atomic E-state index is 11.6. The molecule has 0 saturated carbocycles. The van der Waals surface area contributed by atoms with E-state index in [-0.39, 0.29) is 18.1 Å². The molecule has 2 aromatic rings. The molecule has 0 bridgehead atoms. The summed E-state index contributed by atoms with van der Waals surface area (Å²) in [5.74, 6) is -0.185. The van der Waals surface area contributed by atoms with Gasteiger partial charge in [0, 0.05) is 18.0 Å². The van der Waals surface area contributed by atoms with E-state index >= 15 is 0 Å². The van der Waals surface area contributed by atoms with Gasteiger partial charge in [-0.15, -0.1) is 0 Å². The lowest BCUT2D eigenvalue weighted by Crippen LogP contribution is -2.24. The van der Waals surface area contributed by atoms with Crippen molar-refractivity contribution in [2.24, 2.45) is 0 Å². The van der Waals surface area contributed by atoms with Crippen LogP contribution in [0.25, 0.3) is 10.9 Å². The molecule has 1 fully saturated rings. The Balaban J connectivity index is 1.93. The number of carbonyl (C=O) groups excluding carboxylic acids is 1. The maximum Gasteiger partial charge on any atom is 0.328 e. The van der Waals surface area contributed by atoms with Crippen LogP contribution in [0.1, 0.15) is 13.3 Å². The molecule has 0 aliphatic carbocycles. The number of pyridine rings is 1. The first kappa shape index (κ1) is 11.0. The van der Waals surface area contributed by atoms with E-state index in [1.54, 1.807) is 6.20 Å². The molecule has 1 aliphatic rings. The van der Waals surface area contributed by atoms with E-state index in [0.29, 0.717) is 6.42 Å². The molecule has 1 aromatic heterocycles. The van der Waals surface area contributed by atoms with E-state index in [0.717, 1.165) is 16.6 Å². The van der Waals surface area contributed by atoms with Crippen LogP contribution in [0.2, 0.25) is 0 Å². The monoisotopic (exact) mass is 242 g/mol. The Morgan fingerprint density at radius 1 is 1.33 bits per heavy atom. The van der Waals surface area contributed by atoms with Crippen LogP contribution in [0.3, 0.4) is 0 Å². The van der Waals surface area contributed by atoms with E-state index in [1.807, 2.05) is 37.3 Å². The number of esters is 1. The number of anilines is 1. The lowest BCUT2D eigenvalue weighted by atomic mass is 10.1. The third-order valence-corrected chi connectivity index (χ3v) is 3.13. The van der Waals surface area contributed by atoms with Crippen LogP contribution < -0.4 is 5.32 Å². The van der Waals surface area contributed by atoms with E-state index in [1.165, 1.54) is 0 Å². The number of hydrogen-bond donors (Lipinski definition) is 1. The lowest BCUT2D eigenvalue weighted by molar-refractivity contribution is -0.141. The molecule has 1 aliphatic heterocycles. The first-order valence-electron chi connectivity index (χ1n) is 6.05. The van der Waals surface area contributed by atoms with Crippen LogP contribution in [0, 0.1) is 0 Å². The zero-order valence-electron chi connectivity index (χ0n) is 10.1. The Morgan fingerprint density at radius 3 is 2.94 bits per heavy atom. The predicted octanol–water partition coefficient (Wildman–Crippen LogP) is 2.35. The van der Waals surface area contributed by atoms with Gasteiger partial charge in [0.2, 0.25) is 0 Å². The Bertz CT molecular complexity index is 592. The van der Waals surface area contributed by atoms with Crippen molar-refractivity contribution in [1.82, 2.24) is 4.98 Å². The summed E-state index contributed by atoms with van der Waals surface area (Å²) in [6.45, 7) is 1.90. The number of aromatic nitrogens is 1. The van der Waals surface area contributed by atoms with Crippen LogP contribution in [0.4, 0.5) is 5.69 Å². The van der Waals surface area contributed by atoms with Gasteiger partial charge in [-0.05, 0) is 19.1 Å². The summed E-state index contributed by atoms with van der Waals surface area (Å²) in [6.07, 6.45) is 2.43. The van der Waals surface area contributed by atoms with Crippen molar-refractivity contribution < 1.29 is 9.53 Å². The summed E-state index contributed by atoms with van der Waals surface area (Å²) in [5.41, 5.74) is 1.76. The Hall–Kier alpha value is -2.10. The second kappa shape index (κ2) is 4.29. The molecule has 4 heteroatoms. The van der Waals surface area contributed by atoms with E-state index in [4.69, 9.17) is 4.74 Å². The first-order chi connectivity index (χ1) is 8.74. The summed E-state index contributed by atoms with van der Waals surface area (Å²) in [7, 11) is 0. The molecule has 0 unspecified atom stereocenters. The van der Waals surface area contributed by atoms with Crippen LogP contribution in [0.5, 0.6) is 0 Å². The highest BCUT2D eigenvalue weighted by molar-refractivity contribution is 5.92. The van der Waals surface area contributed by atoms with Gasteiger partial charge in [0.25, 0.3) is 0 Å². The third kappa shape index (κ3) is 1.90. The molecule has 2 atom stereocenters. The van der Waals surface area contributed by atoms with Gasteiger partial charge in [-0.1, -0.05) is 18.2 Å². The number of rotatable bonds is 2. The van der Waals surface area contributed by atoms with Crippen LogP contribution >= 0.6 is 0 Å². The molecule has 1 aromatic carbocycles. The SMILES string of the molecule is C[C@H]1C[C@@H](Nc2cccc3cccnc23)C(=O)O1. The molecule has 1 N–H and O–H groups in total. The predicted molar refractivity (Wildman–Crippen MR) is 69.3 cm³/mol. The van der Waals surface area contributed by atoms with Crippen molar-refractivity contribution in [2.45, 2.75) is 25.5 Å². The Labute approximate surface area is 105 Å². The molecule has 3 rings (SSSR count). The van der Waals surface area contributed by atoms with Gasteiger partial charge in [0.05, 0.1) is 11.2 Å². The van der Waals surface area contributed by atoms with E-state index < -0.39 is 0 Å². The second-order valence-electron chi connectivity index (χ2n) is 4.56. The summed E-state index contributed by atoms with van der Waals surface area (Å²) in [6, 6.07) is 9.53. The zero-order chi connectivity index (χ0) is 12.5. The van der Waals surface area contributed by atoms with Gasteiger partial charge in [0.1, 0.15) is 12.1 Å². The van der Waals surface area contributed by atoms with Crippen molar-refractivity contribution in [1.29, 1.82) is 0 Å². The van der Waals surface area contributed by atoms with Crippen molar-refractivity contribution in [2.75, 3.05) is 5.32 Å². The summed E-state index contributed by atoms with van der Waals surface area (Å²) in [5, 5.41) is 4.28. The van der Waals surface area contributed by atoms with Crippen molar-refractivity contribution in [3.63, 3.8) is 0 Å². The van der Waals surface area contributed by atoms with Crippen LogP contribution in [-0.4, -0.2) is 23.1 Å². The van der Waals surface area contributed by atoms with E-state index in [2.05, 4.69) is 10.3 Å². The van der Waals surface area contributed by atoms with Gasteiger partial charge in [0.15, 0.2) is 0 Å². The average Bonchev–Trinajstić information content (AvgIpc) is 2.68. The molecule has 0 amide bonds. The van der Waals surface area contributed by atoms with Crippen LogP contribution in [0.15, 0.2) is 36.5 Å². The fraction of sp³-hybridized carbons (Fsp3) is 0.286. The number of fused-ring (bicyclic) bond motifs is 1. The van der Waals surface area contributed by atoms with Gasteiger partial charge in [-0.25, -0.2) is 4.79 Å². The molecule has 2 heterocycles. The van der Waals surface area contributed by atoms with Crippen molar-refractivity contribution >= 4 is 22.6 Å². The molecule has 18 heavy (non-hydrogen) atoms. The minimum Gasteiger partial charge on any atom is -0.461 e. The second-order valence-corrected chi connectivity index (χ2v) is 4.56. The maximum absolute atomic E-state index is 11.6. The van der Waals surface area contributed by atoms with Crippen LogP contribution in [-0.2, 0) is 9.53 Å². The molecule has 0 spiro atoms. The number of ether oxygens (including phenoxy) is 1. The van der Waals surface area contributed by atoms with Gasteiger partial charge < -0.3 is 10.1 Å². The molecular weight excluding hydrogens is 228 g/mol. The highest BCUT2D eigenvalue weighted by atomic mass is 16.6. The first-order valence-corrected chi connectivity index (χ1v) is 6.05. The topological polar surface area (TPSA) is 51.2 Å². The van der Waals surface area contributed by atoms with Gasteiger partial charge >= 0.3 is 5.97 Å². The number of carbonyl (C=O) groups is 1. The number of benzene rings is 1. The zero-order valence-corrected chi connectivity index (χ0v) is 10.1. The minimum atomic E-state index is -0.271. The molecule has 4 nitrogen and oxygen atoms in total. The highest BCUT2D eigenvalue weighted by Crippen LogP contribution is 2.24. The smallest absolute Gasteiger partial charge is 0.328 e. The molecule has 0 radical (unpaired) electrons. The summed E-state index contributed by atoms with van der Waals surface area (Å²) in [4.78, 5) is 16.0. The summed E-state index contributed by atoms with van der Waals surface area (Å²) >= 11 is 0. The fourth-order valence-electron chi connectivity index (χ4n) is 2.28. The standard InChI is InChI=1S/C14H14N2O2/c1-9-8-12(14(17)18-9)16-11-6-2-4-10-5-3-7-15-13(10)11/h2-7,9,12,16H,8H2,1H3/t9-,12+/m0/s1. The Kier molecular flexibility index (Phi) is 2.63. The number of nitrogens with zero attached hydrogens (tertiary/aromatic N) is 1. The third-order valence-electron chi connectivity index (χ3n) is 3.13. The summed E-state index contributed by atoms with van der Waals surface area (Å²) < 4.78 is 5.14. The van der Waals surface area contributed by atoms with Crippen molar-refractivity contribution in [3.05, 3.63) is 36.5 Å². The lowest BCUT2D eigenvalue weighted by Gasteiger charge is -2.12. The average molecular weight is 242 g/mol. The molecule has 92 valence electrons. The fourth-order valence-corrected chi connectivity index (χ4v) is 2.28. The largest absolute Gasteiger partial charge is 0.461 e. The Morgan fingerprint density at radius 2 is 2.17 bits per heavy atom. The quantitative estimate of drug-likeness (QED) is 0.821. The van der Waals surface area contributed by atoms with Crippen molar-refractivity contribution in [3.8, 4) is 0 Å². The van der Waals surface area contributed by atoms with Gasteiger partial charge in [-0.3, -0.25) is 4.98 Å². The normalized spacial score (nSPS) is 23.1. The van der Waals surface area contributed by atoms with E-state index in [9.17, 15) is 4.79 Å². The number of para-hydroxylation sites is 1. The number of nitrogens with one attached hydrogen (secondary N) is 1. The molecular formula is C14H14N2O2. The van der Waals surface area contributed by atoms with Gasteiger partial charge in [-0.2, -0.15) is 0 Å². The minimum absolute atomic E-state index is 0.0158. The highest BCUT2D eigenvalue weighted by Gasteiger charge is 2.31.